The van der Waals surface area contributed by atoms with E-state index in [1.165, 1.54) is 28.6 Å². The summed E-state index contributed by atoms with van der Waals surface area (Å²) in [7, 11) is -3.70. The molecule has 10 heteroatoms. The lowest BCUT2D eigenvalue weighted by atomic mass is 10.2. The van der Waals surface area contributed by atoms with E-state index >= 15 is 0 Å². The van der Waals surface area contributed by atoms with Gasteiger partial charge >= 0.3 is 0 Å². The molecule has 7 nitrogen and oxygen atoms in total. The number of anilines is 1. The highest BCUT2D eigenvalue weighted by molar-refractivity contribution is 9.10. The van der Waals surface area contributed by atoms with Crippen molar-refractivity contribution in [3.8, 4) is 5.75 Å². The van der Waals surface area contributed by atoms with Crippen molar-refractivity contribution >= 4 is 54.9 Å². The number of carbonyl (C=O) groups is 1. The quantitative estimate of drug-likeness (QED) is 0.346. The third-order valence-electron chi connectivity index (χ3n) is 4.13. The van der Waals surface area contributed by atoms with Gasteiger partial charge in [0.15, 0.2) is 5.11 Å². The molecule has 0 radical (unpaired) electrons. The molecular weight excluding hydrogens is 514 g/mol. The van der Waals surface area contributed by atoms with E-state index in [-0.39, 0.29) is 23.1 Å². The molecule has 0 aromatic heterocycles. The van der Waals surface area contributed by atoms with Crippen LogP contribution in [0.15, 0.2) is 77.1 Å². The number of benzene rings is 2. The molecule has 0 aliphatic heterocycles. The van der Waals surface area contributed by atoms with Crippen LogP contribution in [0.3, 0.4) is 0 Å². The molecule has 0 aliphatic rings. The fraction of sp³-hybridized carbons (Fsp3) is 0.182. The van der Waals surface area contributed by atoms with Crippen LogP contribution in [0.2, 0.25) is 0 Å². The normalized spacial score (nSPS) is 11.0. The predicted molar refractivity (Wildman–Crippen MR) is 135 cm³/mol. The Balaban J connectivity index is 2.10. The number of rotatable bonds is 10. The SMILES string of the molecule is C=CCN(CC=C)S(=O)(=O)c1ccc(NC(=S)NC(=O)c2cc(Br)ccc2OCC)cc1. The minimum atomic E-state index is -3.70. The van der Waals surface area contributed by atoms with Gasteiger partial charge in [-0.05, 0) is 61.6 Å². The highest BCUT2D eigenvalue weighted by Crippen LogP contribution is 2.23. The van der Waals surface area contributed by atoms with E-state index < -0.39 is 15.9 Å². The summed E-state index contributed by atoms with van der Waals surface area (Å²) in [4.78, 5) is 12.8. The number of nitrogens with one attached hydrogen (secondary N) is 2. The summed E-state index contributed by atoms with van der Waals surface area (Å²) in [5, 5.41) is 5.54. The van der Waals surface area contributed by atoms with E-state index in [4.69, 9.17) is 17.0 Å². The van der Waals surface area contributed by atoms with E-state index in [0.29, 0.717) is 23.6 Å². The zero-order chi connectivity index (χ0) is 23.7. The molecule has 2 aromatic rings. The Morgan fingerprint density at radius 3 is 2.34 bits per heavy atom. The van der Waals surface area contributed by atoms with Gasteiger partial charge in [-0.3, -0.25) is 10.1 Å². The van der Waals surface area contributed by atoms with E-state index in [9.17, 15) is 13.2 Å². The second-order valence-corrected chi connectivity index (χ2v) is 9.67. The molecule has 170 valence electrons. The van der Waals surface area contributed by atoms with Gasteiger partial charge in [-0.1, -0.05) is 28.1 Å². The molecule has 0 fully saturated rings. The standard InChI is InChI=1S/C22H24BrN3O4S2/c1-4-13-26(14-5-2)32(28,29)18-10-8-17(9-11-18)24-22(31)25-21(27)19-15-16(23)7-12-20(19)30-6-3/h4-5,7-12,15H,1-2,6,13-14H2,3H3,(H2,24,25,27,31). The van der Waals surface area contributed by atoms with Crippen molar-refractivity contribution in [1.29, 1.82) is 0 Å². The molecule has 32 heavy (non-hydrogen) atoms. The highest BCUT2D eigenvalue weighted by atomic mass is 79.9. The van der Waals surface area contributed by atoms with Crippen molar-refractivity contribution < 1.29 is 17.9 Å². The number of ether oxygens (including phenoxy) is 1. The van der Waals surface area contributed by atoms with Gasteiger partial charge in [0.2, 0.25) is 10.0 Å². The van der Waals surface area contributed by atoms with Crippen molar-refractivity contribution in [2.75, 3.05) is 25.0 Å². The molecule has 2 N–H and O–H groups in total. The smallest absolute Gasteiger partial charge is 0.261 e. The Morgan fingerprint density at radius 1 is 1.16 bits per heavy atom. The first kappa shape index (κ1) is 25.7. The van der Waals surface area contributed by atoms with Crippen LogP contribution in [-0.4, -0.2) is 43.4 Å². The maximum Gasteiger partial charge on any atom is 0.261 e. The number of hydrogen-bond donors (Lipinski definition) is 2. The zero-order valence-corrected chi connectivity index (χ0v) is 20.7. The fourth-order valence-corrected chi connectivity index (χ4v) is 4.67. The first-order valence-corrected chi connectivity index (χ1v) is 12.2. The monoisotopic (exact) mass is 537 g/mol. The first-order valence-electron chi connectivity index (χ1n) is 9.59. The number of carbonyl (C=O) groups excluding carboxylic acids is 1. The second-order valence-electron chi connectivity index (χ2n) is 6.41. The lowest BCUT2D eigenvalue weighted by Gasteiger charge is -2.19. The van der Waals surface area contributed by atoms with E-state index in [2.05, 4.69) is 39.7 Å². The summed E-state index contributed by atoms with van der Waals surface area (Å²) in [6.45, 7) is 9.77. The van der Waals surface area contributed by atoms with Crippen LogP contribution in [0, 0.1) is 0 Å². The summed E-state index contributed by atoms with van der Waals surface area (Å²) >= 11 is 8.57. The molecule has 0 saturated carbocycles. The van der Waals surface area contributed by atoms with Crippen LogP contribution in [0.1, 0.15) is 17.3 Å². The zero-order valence-electron chi connectivity index (χ0n) is 17.5. The molecule has 0 unspecified atom stereocenters. The second kappa shape index (κ2) is 11.9. The first-order chi connectivity index (χ1) is 15.2. The van der Waals surface area contributed by atoms with Gasteiger partial charge in [0, 0.05) is 23.2 Å². The highest BCUT2D eigenvalue weighted by Gasteiger charge is 2.22. The van der Waals surface area contributed by atoms with Crippen LogP contribution in [0.4, 0.5) is 5.69 Å². The van der Waals surface area contributed by atoms with E-state index in [1.807, 2.05) is 6.92 Å². The molecule has 0 heterocycles. The van der Waals surface area contributed by atoms with Gasteiger partial charge in [0.1, 0.15) is 5.75 Å². The molecule has 0 atom stereocenters. The fourth-order valence-electron chi connectivity index (χ4n) is 2.71. The lowest BCUT2D eigenvalue weighted by molar-refractivity contribution is 0.0974. The molecule has 0 saturated heterocycles. The molecule has 1 amide bonds. The number of halogens is 1. The Hall–Kier alpha value is -2.53. The van der Waals surface area contributed by atoms with Crippen molar-refractivity contribution in [3.63, 3.8) is 0 Å². The summed E-state index contributed by atoms with van der Waals surface area (Å²) < 4.78 is 33.0. The van der Waals surface area contributed by atoms with Crippen LogP contribution < -0.4 is 15.4 Å². The number of nitrogens with zero attached hydrogens (tertiary/aromatic N) is 1. The largest absolute Gasteiger partial charge is 0.493 e. The summed E-state index contributed by atoms with van der Waals surface area (Å²) in [6, 6.07) is 11.2. The Bertz CT molecular complexity index is 1090. The minimum absolute atomic E-state index is 0.0629. The van der Waals surface area contributed by atoms with Gasteiger partial charge in [-0.15, -0.1) is 13.2 Å². The molecule has 0 spiro atoms. The number of hydrogen-bond acceptors (Lipinski definition) is 5. The minimum Gasteiger partial charge on any atom is -0.493 e. The van der Waals surface area contributed by atoms with Gasteiger partial charge in [-0.25, -0.2) is 8.42 Å². The average molecular weight is 538 g/mol. The summed E-state index contributed by atoms with van der Waals surface area (Å²) in [5.74, 6) is 0.00472. The summed E-state index contributed by atoms with van der Waals surface area (Å²) in [5.41, 5.74) is 0.851. The predicted octanol–water partition coefficient (Wildman–Crippen LogP) is 4.34. The maximum absolute atomic E-state index is 12.8. The van der Waals surface area contributed by atoms with Crippen molar-refractivity contribution in [2.24, 2.45) is 0 Å². The molecule has 0 bridgehead atoms. The molecule has 2 rings (SSSR count). The van der Waals surface area contributed by atoms with Gasteiger partial charge < -0.3 is 10.1 Å². The van der Waals surface area contributed by atoms with Crippen LogP contribution >= 0.6 is 28.1 Å². The van der Waals surface area contributed by atoms with Crippen LogP contribution in [0.5, 0.6) is 5.75 Å². The van der Waals surface area contributed by atoms with Crippen LogP contribution in [-0.2, 0) is 10.0 Å². The lowest BCUT2D eigenvalue weighted by Crippen LogP contribution is -2.34. The Kier molecular flexibility index (Phi) is 9.58. The van der Waals surface area contributed by atoms with Gasteiger partial charge in [0.25, 0.3) is 5.91 Å². The summed E-state index contributed by atoms with van der Waals surface area (Å²) in [6.07, 6.45) is 3.03. The van der Waals surface area contributed by atoms with Gasteiger partial charge in [0.05, 0.1) is 17.1 Å². The van der Waals surface area contributed by atoms with Crippen molar-refractivity contribution in [2.45, 2.75) is 11.8 Å². The third-order valence-corrected chi connectivity index (χ3v) is 6.67. The number of amides is 1. The van der Waals surface area contributed by atoms with Crippen molar-refractivity contribution in [1.82, 2.24) is 9.62 Å². The number of sulfonamides is 1. The molecule has 2 aromatic carbocycles. The Morgan fingerprint density at radius 2 is 1.78 bits per heavy atom. The average Bonchev–Trinajstić information content (AvgIpc) is 2.75. The molecular formula is C22H24BrN3O4S2. The molecule has 0 aliphatic carbocycles. The van der Waals surface area contributed by atoms with E-state index in [1.54, 1.807) is 30.3 Å². The van der Waals surface area contributed by atoms with Crippen LogP contribution in [0.25, 0.3) is 0 Å². The van der Waals surface area contributed by atoms with Gasteiger partial charge in [-0.2, -0.15) is 4.31 Å². The van der Waals surface area contributed by atoms with E-state index in [0.717, 1.165) is 4.47 Å². The Labute approximate surface area is 202 Å². The number of thiocarbonyl (C=S) groups is 1. The third kappa shape index (κ3) is 6.73. The van der Waals surface area contributed by atoms with Crippen molar-refractivity contribution in [3.05, 3.63) is 77.8 Å². The topological polar surface area (TPSA) is 87.7 Å². The maximum atomic E-state index is 12.8.